The van der Waals surface area contributed by atoms with Crippen LogP contribution in [0.1, 0.15) is 30.9 Å². The fraction of sp³-hybridized carbons (Fsp3) is 0.667. The Balaban J connectivity index is 2.09. The molecule has 0 saturated carbocycles. The molecular formula is C12H19N3O. The first kappa shape index (κ1) is 11.3. The standard InChI is InChI=1S/C12H19N3O/c1-3-5-15-6-4-14-12(15)11(16)9(2)10-7-13-8-10/h4,6,9-10,13H,3,5,7-8H2,1-2H3. The molecule has 0 amide bonds. The number of hydrogen-bond donors (Lipinski definition) is 1. The largest absolute Gasteiger partial charge is 0.329 e. The van der Waals surface area contributed by atoms with Gasteiger partial charge in [-0.2, -0.15) is 0 Å². The van der Waals surface area contributed by atoms with Gasteiger partial charge in [-0.25, -0.2) is 4.98 Å². The second kappa shape index (κ2) is 4.78. The van der Waals surface area contributed by atoms with Gasteiger partial charge >= 0.3 is 0 Å². The maximum absolute atomic E-state index is 12.2. The molecule has 4 nitrogen and oxygen atoms in total. The average molecular weight is 221 g/mol. The van der Waals surface area contributed by atoms with Crippen LogP contribution < -0.4 is 5.32 Å². The Morgan fingerprint density at radius 3 is 3.00 bits per heavy atom. The van der Waals surface area contributed by atoms with Crippen molar-refractivity contribution in [3.63, 3.8) is 0 Å². The van der Waals surface area contributed by atoms with Gasteiger partial charge in [0, 0.05) is 24.9 Å². The molecule has 1 fully saturated rings. The van der Waals surface area contributed by atoms with Crippen molar-refractivity contribution >= 4 is 5.78 Å². The molecule has 1 atom stereocenters. The number of nitrogens with zero attached hydrogens (tertiary/aromatic N) is 2. The van der Waals surface area contributed by atoms with Gasteiger partial charge in [-0.3, -0.25) is 4.79 Å². The van der Waals surface area contributed by atoms with Crippen LogP contribution in [0.3, 0.4) is 0 Å². The van der Waals surface area contributed by atoms with Crippen LogP contribution in [0.15, 0.2) is 12.4 Å². The van der Waals surface area contributed by atoms with Gasteiger partial charge in [0.1, 0.15) is 0 Å². The van der Waals surface area contributed by atoms with E-state index in [2.05, 4.69) is 17.2 Å². The summed E-state index contributed by atoms with van der Waals surface area (Å²) in [6.45, 7) is 6.91. The van der Waals surface area contributed by atoms with Crippen LogP contribution in [-0.4, -0.2) is 28.4 Å². The van der Waals surface area contributed by atoms with Crippen LogP contribution in [-0.2, 0) is 6.54 Å². The number of carbonyl (C=O) groups excluding carboxylic acids is 1. The van der Waals surface area contributed by atoms with Crippen molar-refractivity contribution < 1.29 is 4.79 Å². The summed E-state index contributed by atoms with van der Waals surface area (Å²) in [5.41, 5.74) is 0. The van der Waals surface area contributed by atoms with Gasteiger partial charge in [0.2, 0.25) is 5.78 Å². The summed E-state index contributed by atoms with van der Waals surface area (Å²) in [6, 6.07) is 0. The highest BCUT2D eigenvalue weighted by Crippen LogP contribution is 2.20. The molecule has 2 heterocycles. The molecule has 0 aliphatic carbocycles. The first-order valence-corrected chi connectivity index (χ1v) is 6.00. The number of imidazole rings is 1. The Bertz CT molecular complexity index is 368. The van der Waals surface area contributed by atoms with Crippen molar-refractivity contribution in [2.75, 3.05) is 13.1 Å². The topological polar surface area (TPSA) is 46.9 Å². The molecule has 88 valence electrons. The number of carbonyl (C=O) groups is 1. The molecule has 0 bridgehead atoms. The lowest BCUT2D eigenvalue weighted by atomic mass is 9.85. The minimum Gasteiger partial charge on any atom is -0.329 e. The average Bonchev–Trinajstić information content (AvgIpc) is 2.62. The highest BCUT2D eigenvalue weighted by Gasteiger charge is 2.31. The second-order valence-corrected chi connectivity index (χ2v) is 4.52. The van der Waals surface area contributed by atoms with Gasteiger partial charge in [-0.1, -0.05) is 13.8 Å². The van der Waals surface area contributed by atoms with E-state index < -0.39 is 0 Å². The summed E-state index contributed by atoms with van der Waals surface area (Å²) < 4.78 is 1.96. The smallest absolute Gasteiger partial charge is 0.201 e. The van der Waals surface area contributed by atoms with Crippen molar-refractivity contribution in [3.05, 3.63) is 18.2 Å². The van der Waals surface area contributed by atoms with E-state index in [1.165, 1.54) is 0 Å². The van der Waals surface area contributed by atoms with Crippen molar-refractivity contribution in [2.45, 2.75) is 26.8 Å². The highest BCUT2D eigenvalue weighted by molar-refractivity contribution is 5.94. The number of rotatable bonds is 5. The molecule has 1 saturated heterocycles. The van der Waals surface area contributed by atoms with E-state index in [0.29, 0.717) is 11.7 Å². The van der Waals surface area contributed by atoms with E-state index in [9.17, 15) is 4.79 Å². The van der Waals surface area contributed by atoms with Crippen LogP contribution in [0.5, 0.6) is 0 Å². The van der Waals surface area contributed by atoms with Crippen LogP contribution in [0.2, 0.25) is 0 Å². The maximum Gasteiger partial charge on any atom is 0.201 e. The van der Waals surface area contributed by atoms with E-state index in [4.69, 9.17) is 0 Å². The molecule has 2 rings (SSSR count). The van der Waals surface area contributed by atoms with Crippen molar-refractivity contribution in [3.8, 4) is 0 Å². The lowest BCUT2D eigenvalue weighted by Crippen LogP contribution is -2.47. The first-order valence-electron chi connectivity index (χ1n) is 6.00. The summed E-state index contributed by atoms with van der Waals surface area (Å²) in [4.78, 5) is 16.4. The number of hydrogen-bond acceptors (Lipinski definition) is 3. The van der Waals surface area contributed by atoms with Gasteiger partial charge < -0.3 is 9.88 Å². The van der Waals surface area contributed by atoms with Crippen molar-refractivity contribution in [1.29, 1.82) is 0 Å². The number of aryl methyl sites for hydroxylation is 1. The summed E-state index contributed by atoms with van der Waals surface area (Å²) >= 11 is 0. The molecule has 0 spiro atoms. The summed E-state index contributed by atoms with van der Waals surface area (Å²) in [5, 5.41) is 3.20. The summed E-state index contributed by atoms with van der Waals surface area (Å²) in [7, 11) is 0. The molecule has 4 heteroatoms. The summed E-state index contributed by atoms with van der Waals surface area (Å²) in [5.74, 6) is 1.38. The Hall–Kier alpha value is -1.16. The molecule has 0 aromatic carbocycles. The molecule has 1 aliphatic rings. The molecule has 1 aliphatic heterocycles. The van der Waals surface area contributed by atoms with E-state index in [1.54, 1.807) is 6.20 Å². The predicted molar refractivity (Wildman–Crippen MR) is 62.4 cm³/mol. The number of aromatic nitrogens is 2. The third-order valence-electron chi connectivity index (χ3n) is 3.33. The minimum atomic E-state index is 0.0826. The Morgan fingerprint density at radius 1 is 1.69 bits per heavy atom. The third kappa shape index (κ3) is 2.02. The van der Waals surface area contributed by atoms with E-state index in [1.807, 2.05) is 17.7 Å². The predicted octanol–water partition coefficient (Wildman–Crippen LogP) is 1.33. The van der Waals surface area contributed by atoms with Gasteiger partial charge in [-0.15, -0.1) is 0 Å². The van der Waals surface area contributed by atoms with Gasteiger partial charge in [0.05, 0.1) is 0 Å². The minimum absolute atomic E-state index is 0.0826. The van der Waals surface area contributed by atoms with Crippen LogP contribution in [0.25, 0.3) is 0 Å². The normalized spacial score (nSPS) is 18.1. The monoisotopic (exact) mass is 221 g/mol. The number of Topliss-reactive ketones (excluding diaryl/α,β-unsaturated/α-hetero) is 1. The SMILES string of the molecule is CCCn1ccnc1C(=O)C(C)C1CNC1. The van der Waals surface area contributed by atoms with Gasteiger partial charge in [-0.05, 0) is 25.4 Å². The fourth-order valence-corrected chi connectivity index (χ4v) is 2.04. The fourth-order valence-electron chi connectivity index (χ4n) is 2.04. The molecule has 1 aromatic rings. The van der Waals surface area contributed by atoms with Crippen molar-refractivity contribution in [1.82, 2.24) is 14.9 Å². The lowest BCUT2D eigenvalue weighted by Gasteiger charge is -2.31. The lowest BCUT2D eigenvalue weighted by molar-refractivity contribution is 0.0838. The van der Waals surface area contributed by atoms with Crippen LogP contribution in [0.4, 0.5) is 0 Å². The maximum atomic E-state index is 12.2. The Labute approximate surface area is 96.1 Å². The van der Waals surface area contributed by atoms with E-state index >= 15 is 0 Å². The Morgan fingerprint density at radius 2 is 2.44 bits per heavy atom. The first-order chi connectivity index (χ1) is 7.74. The number of nitrogens with one attached hydrogen (secondary N) is 1. The van der Waals surface area contributed by atoms with E-state index in [0.717, 1.165) is 26.1 Å². The molecule has 0 radical (unpaired) electrons. The zero-order valence-electron chi connectivity index (χ0n) is 9.94. The molecule has 16 heavy (non-hydrogen) atoms. The molecule has 1 N–H and O–H groups in total. The zero-order valence-corrected chi connectivity index (χ0v) is 9.94. The molecule has 1 unspecified atom stereocenters. The van der Waals surface area contributed by atoms with Crippen LogP contribution >= 0.6 is 0 Å². The third-order valence-corrected chi connectivity index (χ3v) is 3.33. The molecular weight excluding hydrogens is 202 g/mol. The van der Waals surface area contributed by atoms with Gasteiger partial charge in [0.25, 0.3) is 0 Å². The summed E-state index contributed by atoms with van der Waals surface area (Å²) in [6.07, 6.45) is 4.63. The van der Waals surface area contributed by atoms with E-state index in [-0.39, 0.29) is 11.7 Å². The molecule has 1 aromatic heterocycles. The highest BCUT2D eigenvalue weighted by atomic mass is 16.1. The van der Waals surface area contributed by atoms with Crippen LogP contribution in [0, 0.1) is 11.8 Å². The van der Waals surface area contributed by atoms with Crippen molar-refractivity contribution in [2.24, 2.45) is 11.8 Å². The quantitative estimate of drug-likeness (QED) is 0.763. The number of ketones is 1. The second-order valence-electron chi connectivity index (χ2n) is 4.52. The zero-order chi connectivity index (χ0) is 11.5. The van der Waals surface area contributed by atoms with Gasteiger partial charge in [0.15, 0.2) is 5.82 Å². The Kier molecular flexibility index (Phi) is 3.39.